The maximum Gasteiger partial charge on any atom is 0.0929 e. The average Bonchev–Trinajstić information content (AvgIpc) is 3.11. The van der Waals surface area contributed by atoms with Crippen LogP contribution in [0.5, 0.6) is 0 Å². The zero-order chi connectivity index (χ0) is 11.1. The summed E-state index contributed by atoms with van der Waals surface area (Å²) in [5.41, 5.74) is 0. The normalized spacial score (nSPS) is 21.0. The molecule has 0 unspecified atom stereocenters. The molecule has 16 heavy (non-hydrogen) atoms. The SMILES string of the molecule is CN(Cn1cc(Cl)cn1)C(C1CC1)C1CC1. The first-order chi connectivity index (χ1) is 7.74. The molecule has 1 heterocycles. The van der Waals surface area contributed by atoms with Gasteiger partial charge in [0.15, 0.2) is 0 Å². The van der Waals surface area contributed by atoms with Gasteiger partial charge in [-0.2, -0.15) is 5.10 Å². The molecule has 2 aliphatic carbocycles. The number of nitrogens with zero attached hydrogens (tertiary/aromatic N) is 3. The lowest BCUT2D eigenvalue weighted by Crippen LogP contribution is -2.36. The van der Waals surface area contributed by atoms with Crippen molar-refractivity contribution in [1.82, 2.24) is 14.7 Å². The van der Waals surface area contributed by atoms with E-state index in [0.29, 0.717) is 0 Å². The van der Waals surface area contributed by atoms with Crippen molar-refractivity contribution in [3.63, 3.8) is 0 Å². The summed E-state index contributed by atoms with van der Waals surface area (Å²) in [6.07, 6.45) is 9.29. The van der Waals surface area contributed by atoms with Gasteiger partial charge in [-0.1, -0.05) is 11.6 Å². The van der Waals surface area contributed by atoms with E-state index in [9.17, 15) is 0 Å². The summed E-state index contributed by atoms with van der Waals surface area (Å²) >= 11 is 5.87. The highest BCUT2D eigenvalue weighted by molar-refractivity contribution is 6.30. The van der Waals surface area contributed by atoms with E-state index in [4.69, 9.17) is 11.6 Å². The molecule has 0 radical (unpaired) electrons. The fraction of sp³-hybridized carbons (Fsp3) is 0.750. The van der Waals surface area contributed by atoms with Crippen LogP contribution in [0.3, 0.4) is 0 Å². The van der Waals surface area contributed by atoms with Crippen molar-refractivity contribution in [2.24, 2.45) is 11.8 Å². The molecule has 1 aromatic rings. The molecule has 0 amide bonds. The van der Waals surface area contributed by atoms with Crippen molar-refractivity contribution < 1.29 is 0 Å². The highest BCUT2D eigenvalue weighted by Gasteiger charge is 2.43. The highest BCUT2D eigenvalue weighted by Crippen LogP contribution is 2.46. The molecule has 1 aromatic heterocycles. The van der Waals surface area contributed by atoms with Crippen molar-refractivity contribution >= 4 is 11.6 Å². The molecule has 0 aliphatic heterocycles. The Kier molecular flexibility index (Phi) is 2.68. The van der Waals surface area contributed by atoms with Gasteiger partial charge in [-0.25, -0.2) is 0 Å². The first-order valence-corrected chi connectivity index (χ1v) is 6.50. The summed E-state index contributed by atoms with van der Waals surface area (Å²) in [7, 11) is 2.22. The number of hydrogen-bond donors (Lipinski definition) is 0. The van der Waals surface area contributed by atoms with Gasteiger partial charge in [0.2, 0.25) is 0 Å². The first kappa shape index (κ1) is 10.6. The van der Waals surface area contributed by atoms with Gasteiger partial charge in [0.25, 0.3) is 0 Å². The number of rotatable bonds is 5. The molecule has 2 aliphatic rings. The molecule has 0 bridgehead atoms. The minimum absolute atomic E-state index is 0.725. The van der Waals surface area contributed by atoms with E-state index < -0.39 is 0 Å². The molecule has 0 atom stereocenters. The van der Waals surface area contributed by atoms with E-state index in [1.165, 1.54) is 25.7 Å². The lowest BCUT2D eigenvalue weighted by Gasteiger charge is -2.28. The van der Waals surface area contributed by atoms with Crippen LogP contribution in [0.15, 0.2) is 12.4 Å². The third kappa shape index (κ3) is 2.25. The molecule has 88 valence electrons. The van der Waals surface area contributed by atoms with Gasteiger partial charge in [0.05, 0.1) is 17.9 Å². The highest BCUT2D eigenvalue weighted by atomic mass is 35.5. The van der Waals surface area contributed by atoms with Gasteiger partial charge in [-0.05, 0) is 44.6 Å². The molecule has 0 spiro atoms. The topological polar surface area (TPSA) is 21.1 Å². The van der Waals surface area contributed by atoms with Crippen molar-refractivity contribution in [3.8, 4) is 0 Å². The van der Waals surface area contributed by atoms with Crippen molar-refractivity contribution in [1.29, 1.82) is 0 Å². The Morgan fingerprint density at radius 2 is 2.06 bits per heavy atom. The molecule has 2 fully saturated rings. The van der Waals surface area contributed by atoms with Crippen molar-refractivity contribution in [3.05, 3.63) is 17.4 Å². The maximum absolute atomic E-state index is 5.87. The van der Waals surface area contributed by atoms with Crippen molar-refractivity contribution in [2.75, 3.05) is 7.05 Å². The van der Waals surface area contributed by atoms with E-state index in [0.717, 1.165) is 29.6 Å². The van der Waals surface area contributed by atoms with Crippen LogP contribution in [0, 0.1) is 11.8 Å². The van der Waals surface area contributed by atoms with Crippen LogP contribution in [-0.4, -0.2) is 27.8 Å². The van der Waals surface area contributed by atoms with Crippen LogP contribution < -0.4 is 0 Å². The van der Waals surface area contributed by atoms with E-state index in [2.05, 4.69) is 17.0 Å². The Labute approximate surface area is 101 Å². The molecule has 4 heteroatoms. The van der Waals surface area contributed by atoms with E-state index in [1.807, 2.05) is 10.9 Å². The van der Waals surface area contributed by atoms with Gasteiger partial charge in [-0.15, -0.1) is 0 Å². The van der Waals surface area contributed by atoms with Gasteiger partial charge >= 0.3 is 0 Å². The molecule has 0 aromatic carbocycles. The summed E-state index contributed by atoms with van der Waals surface area (Å²) in [6.45, 7) is 0.865. The quantitative estimate of drug-likeness (QED) is 0.788. The number of aromatic nitrogens is 2. The monoisotopic (exact) mass is 239 g/mol. The number of hydrogen-bond acceptors (Lipinski definition) is 2. The Morgan fingerprint density at radius 3 is 2.50 bits per heavy atom. The first-order valence-electron chi connectivity index (χ1n) is 6.12. The van der Waals surface area contributed by atoms with Gasteiger partial charge in [-0.3, -0.25) is 9.58 Å². The van der Waals surface area contributed by atoms with E-state index >= 15 is 0 Å². The zero-order valence-corrected chi connectivity index (χ0v) is 10.4. The van der Waals surface area contributed by atoms with E-state index in [-0.39, 0.29) is 0 Å². The zero-order valence-electron chi connectivity index (χ0n) is 9.64. The van der Waals surface area contributed by atoms with Crippen LogP contribution in [-0.2, 0) is 6.67 Å². The van der Waals surface area contributed by atoms with Crippen molar-refractivity contribution in [2.45, 2.75) is 38.4 Å². The van der Waals surface area contributed by atoms with Gasteiger partial charge in [0.1, 0.15) is 0 Å². The lowest BCUT2D eigenvalue weighted by atomic mass is 10.1. The minimum Gasteiger partial charge on any atom is -0.284 e. The molecule has 0 saturated heterocycles. The summed E-state index contributed by atoms with van der Waals surface area (Å²) in [5, 5.41) is 4.97. The molecule has 3 nitrogen and oxygen atoms in total. The largest absolute Gasteiger partial charge is 0.284 e. The second-order valence-electron chi connectivity index (χ2n) is 5.26. The fourth-order valence-corrected chi connectivity index (χ4v) is 2.87. The second-order valence-corrected chi connectivity index (χ2v) is 5.70. The Hall–Kier alpha value is -0.540. The van der Waals surface area contributed by atoms with Crippen LogP contribution in [0.2, 0.25) is 5.02 Å². The average molecular weight is 240 g/mol. The minimum atomic E-state index is 0.725. The standard InChI is InChI=1S/C12H18ClN3/c1-15(8-16-7-11(13)6-14-16)12(9-2-3-9)10-4-5-10/h6-7,9-10,12H,2-5,8H2,1H3. The lowest BCUT2D eigenvalue weighted by molar-refractivity contribution is 0.146. The molecule has 3 rings (SSSR count). The second kappa shape index (κ2) is 4.04. The predicted molar refractivity (Wildman–Crippen MR) is 64.2 cm³/mol. The van der Waals surface area contributed by atoms with E-state index in [1.54, 1.807) is 6.20 Å². The van der Waals surface area contributed by atoms with Crippen LogP contribution in [0.4, 0.5) is 0 Å². The molecule has 0 N–H and O–H groups in total. The fourth-order valence-electron chi connectivity index (χ4n) is 2.72. The number of halogens is 1. The molecular formula is C12H18ClN3. The van der Waals surface area contributed by atoms with Crippen LogP contribution in [0.1, 0.15) is 25.7 Å². The summed E-state index contributed by atoms with van der Waals surface area (Å²) in [4.78, 5) is 2.46. The third-order valence-electron chi connectivity index (χ3n) is 3.69. The van der Waals surface area contributed by atoms with Crippen LogP contribution >= 0.6 is 11.6 Å². The van der Waals surface area contributed by atoms with Gasteiger partial charge < -0.3 is 0 Å². The predicted octanol–water partition coefficient (Wildman–Crippen LogP) is 2.61. The Bertz CT molecular complexity index is 356. The third-order valence-corrected chi connectivity index (χ3v) is 3.88. The summed E-state index contributed by atoms with van der Waals surface area (Å²) in [5.74, 6) is 1.90. The smallest absolute Gasteiger partial charge is 0.0929 e. The molecular weight excluding hydrogens is 222 g/mol. The van der Waals surface area contributed by atoms with Crippen LogP contribution in [0.25, 0.3) is 0 Å². The Morgan fingerprint density at radius 1 is 1.44 bits per heavy atom. The van der Waals surface area contributed by atoms with Gasteiger partial charge in [0, 0.05) is 12.2 Å². The Balaban J connectivity index is 1.64. The summed E-state index contributed by atoms with van der Waals surface area (Å²) < 4.78 is 1.93. The maximum atomic E-state index is 5.87. The molecule has 2 saturated carbocycles. The summed E-state index contributed by atoms with van der Waals surface area (Å²) in [6, 6.07) is 0.781.